The molecule has 1 aromatic carbocycles. The molecule has 1 aromatic heterocycles. The van der Waals surface area contributed by atoms with Gasteiger partial charge in [0.15, 0.2) is 0 Å². The SMILES string of the molecule is C=C(Br)Cn1c(C(C)NC(=O)C(C)(C)C)nc2ccccc21. The zero-order valence-corrected chi connectivity index (χ0v) is 15.1. The molecule has 0 spiro atoms. The number of allylic oxidation sites excluding steroid dienone is 1. The highest BCUT2D eigenvalue weighted by molar-refractivity contribution is 9.11. The molecule has 0 aliphatic rings. The molecule has 0 saturated heterocycles. The molecular weight excluding hydrogens is 342 g/mol. The van der Waals surface area contributed by atoms with Crippen LogP contribution in [-0.4, -0.2) is 15.5 Å². The average molecular weight is 364 g/mol. The average Bonchev–Trinajstić information content (AvgIpc) is 2.76. The monoisotopic (exact) mass is 363 g/mol. The predicted molar refractivity (Wildman–Crippen MR) is 93.8 cm³/mol. The molecule has 0 bridgehead atoms. The molecule has 1 atom stereocenters. The Labute approximate surface area is 139 Å². The second-order valence-corrected chi connectivity index (χ2v) is 7.63. The fourth-order valence-corrected chi connectivity index (χ4v) is 2.49. The van der Waals surface area contributed by atoms with Gasteiger partial charge in [-0.3, -0.25) is 4.79 Å². The number of benzene rings is 1. The summed E-state index contributed by atoms with van der Waals surface area (Å²) in [7, 11) is 0. The number of imidazole rings is 1. The van der Waals surface area contributed by atoms with Crippen molar-refractivity contribution in [3.8, 4) is 0 Å². The number of halogens is 1. The highest BCUT2D eigenvalue weighted by Gasteiger charge is 2.25. The number of hydrogen-bond acceptors (Lipinski definition) is 2. The summed E-state index contributed by atoms with van der Waals surface area (Å²) in [6, 6.07) is 7.78. The van der Waals surface area contributed by atoms with E-state index in [2.05, 4.69) is 37.4 Å². The summed E-state index contributed by atoms with van der Waals surface area (Å²) in [5.74, 6) is 0.843. The number of fused-ring (bicyclic) bond motifs is 1. The van der Waals surface area contributed by atoms with Crippen molar-refractivity contribution in [2.45, 2.75) is 40.3 Å². The van der Waals surface area contributed by atoms with Crippen LogP contribution in [0.15, 0.2) is 35.3 Å². The van der Waals surface area contributed by atoms with E-state index >= 15 is 0 Å². The van der Waals surface area contributed by atoms with Crippen molar-refractivity contribution in [3.05, 3.63) is 41.2 Å². The van der Waals surface area contributed by atoms with Crippen LogP contribution in [0, 0.1) is 5.41 Å². The van der Waals surface area contributed by atoms with E-state index in [0.29, 0.717) is 6.54 Å². The van der Waals surface area contributed by atoms with Gasteiger partial charge in [-0.1, -0.05) is 55.4 Å². The number of carbonyl (C=O) groups excluding carboxylic acids is 1. The number of amides is 1. The van der Waals surface area contributed by atoms with Gasteiger partial charge in [-0.2, -0.15) is 0 Å². The van der Waals surface area contributed by atoms with Gasteiger partial charge in [-0.15, -0.1) is 0 Å². The highest BCUT2D eigenvalue weighted by Crippen LogP contribution is 2.24. The lowest BCUT2D eigenvalue weighted by molar-refractivity contribution is -0.129. The smallest absolute Gasteiger partial charge is 0.225 e. The Kier molecular flexibility index (Phi) is 4.75. The van der Waals surface area contributed by atoms with Crippen molar-refractivity contribution < 1.29 is 4.79 Å². The number of para-hydroxylation sites is 2. The molecule has 0 saturated carbocycles. The predicted octanol–water partition coefficient (Wildman–Crippen LogP) is 4.17. The molecule has 2 aromatic rings. The van der Waals surface area contributed by atoms with Gasteiger partial charge in [0.2, 0.25) is 5.91 Å². The Morgan fingerprint density at radius 2 is 2.05 bits per heavy atom. The summed E-state index contributed by atoms with van der Waals surface area (Å²) in [5, 5.41) is 3.04. The van der Waals surface area contributed by atoms with Gasteiger partial charge in [0.05, 0.1) is 23.6 Å². The maximum absolute atomic E-state index is 12.2. The first-order valence-corrected chi connectivity index (χ1v) is 8.09. The zero-order valence-electron chi connectivity index (χ0n) is 13.5. The molecular formula is C17H22BrN3O. The minimum atomic E-state index is -0.426. The van der Waals surface area contributed by atoms with Crippen LogP contribution >= 0.6 is 15.9 Å². The number of nitrogens with zero attached hydrogens (tertiary/aromatic N) is 2. The minimum absolute atomic E-state index is 0.0104. The Bertz CT molecular complexity index is 712. The van der Waals surface area contributed by atoms with Crippen molar-refractivity contribution in [2.75, 3.05) is 0 Å². The first-order valence-electron chi connectivity index (χ1n) is 7.29. The molecule has 1 amide bonds. The van der Waals surface area contributed by atoms with Crippen molar-refractivity contribution in [3.63, 3.8) is 0 Å². The van der Waals surface area contributed by atoms with Gasteiger partial charge in [0, 0.05) is 9.90 Å². The minimum Gasteiger partial charge on any atom is -0.346 e. The van der Waals surface area contributed by atoms with Gasteiger partial charge in [0.25, 0.3) is 0 Å². The Hall–Kier alpha value is -1.62. The molecule has 0 radical (unpaired) electrons. The fourth-order valence-electron chi connectivity index (χ4n) is 2.24. The van der Waals surface area contributed by atoms with Crippen molar-refractivity contribution >= 4 is 32.9 Å². The number of hydrogen-bond donors (Lipinski definition) is 1. The summed E-state index contributed by atoms with van der Waals surface area (Å²) in [5.41, 5.74) is 1.53. The van der Waals surface area contributed by atoms with E-state index in [1.165, 1.54) is 0 Å². The number of aromatic nitrogens is 2. The molecule has 2 rings (SSSR count). The van der Waals surface area contributed by atoms with Crippen LogP contribution in [0.25, 0.3) is 11.0 Å². The quantitative estimate of drug-likeness (QED) is 0.885. The van der Waals surface area contributed by atoms with E-state index in [-0.39, 0.29) is 11.9 Å². The standard InChI is InChI=1S/C17H22BrN3O/c1-11(18)10-21-14-9-7-6-8-13(14)20-15(21)12(2)19-16(22)17(3,4)5/h6-9,12H,1,10H2,2-5H3,(H,19,22). The third-order valence-electron chi connectivity index (χ3n) is 3.43. The second kappa shape index (κ2) is 6.24. The lowest BCUT2D eigenvalue weighted by Crippen LogP contribution is -2.37. The van der Waals surface area contributed by atoms with Crippen LogP contribution in [0.3, 0.4) is 0 Å². The van der Waals surface area contributed by atoms with E-state index in [1.54, 1.807) is 0 Å². The molecule has 22 heavy (non-hydrogen) atoms. The zero-order chi connectivity index (χ0) is 16.5. The van der Waals surface area contributed by atoms with E-state index in [0.717, 1.165) is 21.3 Å². The van der Waals surface area contributed by atoms with E-state index in [1.807, 2.05) is 52.0 Å². The molecule has 1 N–H and O–H groups in total. The van der Waals surface area contributed by atoms with Crippen molar-refractivity contribution in [1.82, 2.24) is 14.9 Å². The Morgan fingerprint density at radius 3 is 2.64 bits per heavy atom. The van der Waals surface area contributed by atoms with Crippen LogP contribution in [0.2, 0.25) is 0 Å². The van der Waals surface area contributed by atoms with Crippen LogP contribution in [-0.2, 0) is 11.3 Å². The maximum Gasteiger partial charge on any atom is 0.225 e. The molecule has 0 fully saturated rings. The number of nitrogens with one attached hydrogen (secondary N) is 1. The third kappa shape index (κ3) is 3.58. The molecule has 1 heterocycles. The Balaban J connectivity index is 2.41. The summed E-state index contributed by atoms with van der Waals surface area (Å²) in [4.78, 5) is 16.9. The van der Waals surface area contributed by atoms with Crippen LogP contribution in [0.5, 0.6) is 0 Å². The van der Waals surface area contributed by atoms with Gasteiger partial charge in [-0.05, 0) is 19.1 Å². The fraction of sp³-hybridized carbons (Fsp3) is 0.412. The number of rotatable bonds is 4. The van der Waals surface area contributed by atoms with Crippen molar-refractivity contribution in [1.29, 1.82) is 0 Å². The summed E-state index contributed by atoms with van der Waals surface area (Å²) in [6.07, 6.45) is 0. The largest absolute Gasteiger partial charge is 0.346 e. The van der Waals surface area contributed by atoms with Crippen LogP contribution in [0.1, 0.15) is 39.6 Å². The van der Waals surface area contributed by atoms with Gasteiger partial charge in [0.1, 0.15) is 5.82 Å². The van der Waals surface area contributed by atoms with Gasteiger partial charge >= 0.3 is 0 Å². The van der Waals surface area contributed by atoms with E-state index in [9.17, 15) is 4.79 Å². The first-order chi connectivity index (χ1) is 10.2. The molecule has 0 aliphatic heterocycles. The summed E-state index contributed by atoms with van der Waals surface area (Å²) < 4.78 is 2.95. The molecule has 0 aliphatic carbocycles. The second-order valence-electron chi connectivity index (χ2n) is 6.51. The topological polar surface area (TPSA) is 46.9 Å². The third-order valence-corrected chi connectivity index (χ3v) is 3.68. The van der Waals surface area contributed by atoms with Crippen LogP contribution < -0.4 is 5.32 Å². The number of carbonyl (C=O) groups is 1. The summed E-state index contributed by atoms with van der Waals surface area (Å²) in [6.45, 7) is 12.2. The molecule has 1 unspecified atom stereocenters. The Morgan fingerprint density at radius 1 is 1.41 bits per heavy atom. The maximum atomic E-state index is 12.2. The molecule has 118 valence electrons. The normalized spacial score (nSPS) is 13.1. The van der Waals surface area contributed by atoms with Gasteiger partial charge in [-0.25, -0.2) is 4.98 Å². The summed E-state index contributed by atoms with van der Waals surface area (Å²) >= 11 is 3.42. The molecule has 4 nitrogen and oxygen atoms in total. The van der Waals surface area contributed by atoms with Crippen molar-refractivity contribution in [2.24, 2.45) is 5.41 Å². The molecule has 5 heteroatoms. The lowest BCUT2D eigenvalue weighted by Gasteiger charge is -2.22. The van der Waals surface area contributed by atoms with Crippen LogP contribution in [0.4, 0.5) is 0 Å². The first kappa shape index (κ1) is 16.7. The van der Waals surface area contributed by atoms with E-state index < -0.39 is 5.41 Å². The van der Waals surface area contributed by atoms with E-state index in [4.69, 9.17) is 0 Å². The highest BCUT2D eigenvalue weighted by atomic mass is 79.9. The van der Waals surface area contributed by atoms with Gasteiger partial charge < -0.3 is 9.88 Å². The lowest BCUT2D eigenvalue weighted by atomic mass is 9.95.